The van der Waals surface area contributed by atoms with E-state index in [-0.39, 0.29) is 0 Å². The summed E-state index contributed by atoms with van der Waals surface area (Å²) in [5.41, 5.74) is 3.90. The molecule has 0 amide bonds. The van der Waals surface area contributed by atoms with Crippen molar-refractivity contribution < 1.29 is 20.6 Å². The Morgan fingerprint density at radius 1 is 0.586 bits per heavy atom. The van der Waals surface area contributed by atoms with Gasteiger partial charge in [0.05, 0.1) is 0 Å². The van der Waals surface area contributed by atoms with Crippen LogP contribution < -0.4 is 0 Å². The molecule has 0 aromatic rings. The fourth-order valence-electron chi connectivity index (χ4n) is 2.78. The van der Waals surface area contributed by atoms with Gasteiger partial charge in [-0.05, 0) is 85.1 Å². The van der Waals surface area contributed by atoms with Gasteiger partial charge < -0.3 is 20.6 Å². The first-order chi connectivity index (χ1) is 12.8. The van der Waals surface area contributed by atoms with Crippen molar-refractivity contribution in [3.63, 3.8) is 0 Å². The zero-order chi connectivity index (χ0) is 23.7. The predicted octanol–water partition coefficient (Wildman–Crippen LogP) is 5.14. The lowest BCUT2D eigenvalue weighted by molar-refractivity contribution is 0.362. The highest BCUT2D eigenvalue weighted by atomic mass is 28.5. The quantitative estimate of drug-likeness (QED) is 0.328. The van der Waals surface area contributed by atoms with Gasteiger partial charge in [0.25, 0.3) is 9.28 Å². The molecule has 0 radical (unpaired) electrons. The summed E-state index contributed by atoms with van der Waals surface area (Å²) in [7, 11) is -10.7. The Labute approximate surface area is 190 Å². The number of hydrogen-bond acceptors (Lipinski definition) is 5. The Kier molecular flexibility index (Phi) is 14.7. The summed E-state index contributed by atoms with van der Waals surface area (Å²) in [5.74, 6) is 0. The summed E-state index contributed by atoms with van der Waals surface area (Å²) in [6.45, 7) is 35.5. The molecule has 0 aromatic carbocycles. The normalized spacial score (nSPS) is 14.4. The van der Waals surface area contributed by atoms with E-state index in [1.807, 2.05) is 11.4 Å². The second-order valence-corrected chi connectivity index (χ2v) is 32.4. The summed E-state index contributed by atoms with van der Waals surface area (Å²) in [5, 5.41) is 0. The predicted molar refractivity (Wildman–Crippen MR) is 147 cm³/mol. The van der Waals surface area contributed by atoms with Crippen LogP contribution in [0.1, 0.15) is 0 Å². The minimum absolute atomic E-state index is 0.939. The first kappa shape index (κ1) is 32.0. The summed E-state index contributed by atoms with van der Waals surface area (Å²) in [4.78, 5) is 0. The van der Waals surface area contributed by atoms with E-state index in [2.05, 4.69) is 98.3 Å². The van der Waals surface area contributed by atoms with Crippen LogP contribution in [0.25, 0.3) is 0 Å². The number of rotatable bonds is 12. The highest BCUT2D eigenvalue weighted by Crippen LogP contribution is 2.21. The molecule has 0 fully saturated rings. The molecule has 0 heterocycles. The lowest BCUT2D eigenvalue weighted by Gasteiger charge is -2.36. The van der Waals surface area contributed by atoms with E-state index in [0.717, 1.165) is 0 Å². The molecule has 1 atom stereocenters. The summed E-state index contributed by atoms with van der Waals surface area (Å²) in [6.07, 6.45) is 0. The lowest BCUT2D eigenvalue weighted by Crippen LogP contribution is -2.51. The Hall–Kier alpha value is 0.798. The van der Waals surface area contributed by atoms with Crippen LogP contribution in [0.4, 0.5) is 0 Å². The fraction of sp³-hybridized carbons (Fsp3) is 0.765. The van der Waals surface area contributed by atoms with Crippen molar-refractivity contribution in [2.75, 3.05) is 0 Å². The van der Waals surface area contributed by atoms with Gasteiger partial charge in [-0.1, -0.05) is 11.4 Å². The van der Waals surface area contributed by atoms with Gasteiger partial charge in [0.15, 0.2) is 34.7 Å². The van der Waals surface area contributed by atoms with Gasteiger partial charge in [-0.3, -0.25) is 0 Å². The molecular weight excluding hydrogens is 481 g/mol. The molecule has 0 aliphatic rings. The molecule has 12 heteroatoms. The van der Waals surface area contributed by atoms with E-state index in [1.165, 1.54) is 0 Å². The van der Waals surface area contributed by atoms with E-state index in [0.29, 0.717) is 0 Å². The van der Waals surface area contributed by atoms with Gasteiger partial charge in [-0.15, -0.1) is 13.2 Å². The first-order valence-electron chi connectivity index (χ1n) is 10.4. The zero-order valence-corrected chi connectivity index (χ0v) is 28.8. The molecule has 0 bridgehead atoms. The lowest BCUT2D eigenvalue weighted by atomic mass is 11.3. The standard InChI is InChI=1S/C10H24O2Si3.C7H24O3Si4/c1-9-13(3,4)11-15(7,8)12-14(5,6)10-2;1-11(2)8-13(5)10-14(6,7)9-12(3)4/h9-10H,1-2H2,3-8H3;11-13H,1-7H3. The highest BCUT2D eigenvalue weighted by molar-refractivity contribution is 6.90. The van der Waals surface area contributed by atoms with Crippen molar-refractivity contribution in [3.8, 4) is 0 Å². The average Bonchev–Trinajstić information content (AvgIpc) is 2.42. The van der Waals surface area contributed by atoms with Crippen LogP contribution in [-0.2, 0) is 20.6 Å². The van der Waals surface area contributed by atoms with Crippen molar-refractivity contribution in [3.05, 3.63) is 24.6 Å². The number of hydrogen-bond donors (Lipinski definition) is 0. The Morgan fingerprint density at radius 2 is 0.966 bits per heavy atom. The molecule has 174 valence electrons. The molecule has 0 saturated heterocycles. The van der Waals surface area contributed by atoms with Crippen molar-refractivity contribution in [1.82, 2.24) is 0 Å². The van der Waals surface area contributed by atoms with Gasteiger partial charge >= 0.3 is 17.1 Å². The summed E-state index contributed by atoms with van der Waals surface area (Å²) >= 11 is 0. The van der Waals surface area contributed by atoms with E-state index >= 15 is 0 Å². The molecule has 1 unspecified atom stereocenters. The van der Waals surface area contributed by atoms with Crippen LogP contribution in [-0.4, -0.2) is 61.1 Å². The van der Waals surface area contributed by atoms with Crippen LogP contribution in [0.3, 0.4) is 0 Å². The third kappa shape index (κ3) is 19.2. The molecular formula is C17H48O5Si7. The molecule has 0 spiro atoms. The van der Waals surface area contributed by atoms with E-state index in [1.54, 1.807) is 0 Å². The molecule has 0 saturated carbocycles. The van der Waals surface area contributed by atoms with E-state index in [9.17, 15) is 0 Å². The van der Waals surface area contributed by atoms with Crippen LogP contribution in [0.2, 0.25) is 85.1 Å². The summed E-state index contributed by atoms with van der Waals surface area (Å²) < 4.78 is 29.9. The second kappa shape index (κ2) is 13.4. The molecule has 0 aliphatic heterocycles. The van der Waals surface area contributed by atoms with E-state index in [4.69, 9.17) is 20.6 Å². The third-order valence-electron chi connectivity index (χ3n) is 3.43. The maximum Gasteiger partial charge on any atom is 0.312 e. The molecule has 5 nitrogen and oxygen atoms in total. The highest BCUT2D eigenvalue weighted by Gasteiger charge is 2.37. The van der Waals surface area contributed by atoms with Crippen LogP contribution in [0.5, 0.6) is 0 Å². The average molecular weight is 529 g/mol. The van der Waals surface area contributed by atoms with Gasteiger partial charge in [-0.25, -0.2) is 0 Å². The maximum absolute atomic E-state index is 6.14. The maximum atomic E-state index is 6.14. The monoisotopic (exact) mass is 528 g/mol. The molecule has 29 heavy (non-hydrogen) atoms. The van der Waals surface area contributed by atoms with E-state index < -0.39 is 61.1 Å². The molecule has 0 aromatic heterocycles. The van der Waals surface area contributed by atoms with Crippen molar-refractivity contribution >= 4 is 61.1 Å². The van der Waals surface area contributed by atoms with Gasteiger partial charge in [0.2, 0.25) is 0 Å². The fourth-order valence-corrected chi connectivity index (χ4v) is 26.4. The zero-order valence-electron chi connectivity index (χ0n) is 21.3. The third-order valence-corrected chi connectivity index (χ3v) is 25.0. The van der Waals surface area contributed by atoms with Gasteiger partial charge in [0, 0.05) is 0 Å². The largest absolute Gasteiger partial charge is 0.442 e. The Balaban J connectivity index is 0. The molecule has 0 rings (SSSR count). The van der Waals surface area contributed by atoms with Crippen molar-refractivity contribution in [2.24, 2.45) is 0 Å². The molecule has 0 aliphatic carbocycles. The van der Waals surface area contributed by atoms with Gasteiger partial charge in [0.1, 0.15) is 0 Å². The van der Waals surface area contributed by atoms with Gasteiger partial charge in [-0.2, -0.15) is 0 Å². The Morgan fingerprint density at radius 3 is 1.24 bits per heavy atom. The Bertz CT molecular complexity index is 473. The minimum Gasteiger partial charge on any atom is -0.442 e. The smallest absolute Gasteiger partial charge is 0.312 e. The van der Waals surface area contributed by atoms with Crippen molar-refractivity contribution in [1.29, 1.82) is 0 Å². The van der Waals surface area contributed by atoms with Crippen molar-refractivity contribution in [2.45, 2.75) is 85.1 Å². The topological polar surface area (TPSA) is 46.2 Å². The van der Waals surface area contributed by atoms with Crippen LogP contribution >= 0.6 is 0 Å². The van der Waals surface area contributed by atoms with Crippen LogP contribution in [0.15, 0.2) is 24.6 Å². The first-order valence-corrected chi connectivity index (χ1v) is 29.7. The van der Waals surface area contributed by atoms with Crippen LogP contribution in [0, 0.1) is 0 Å². The minimum atomic E-state index is -2.04. The summed E-state index contributed by atoms with van der Waals surface area (Å²) in [6, 6.07) is 0. The SMILES string of the molecule is C=C[Si](C)(C)O[Si](C)(C)O[Si](C)(C)C=C.C[SiH](C)O[SiH](C)O[Si](C)(C)O[SiH](C)C. The second-order valence-electron chi connectivity index (χ2n) is 9.66. The molecule has 0 N–H and O–H groups in total.